The fraction of sp³-hybridized carbons (Fsp3) is 0.875. The molecule has 0 spiro atoms. The SMILES string of the molecule is CC(C)(C)OC(C(N)=O)C(F)(F)C(F)(F)F. The number of carbonyl (C=O) groups is 1. The molecule has 0 bridgehead atoms. The number of hydrogen-bond acceptors (Lipinski definition) is 2. The monoisotopic (exact) mass is 249 g/mol. The molecular formula is C8H12F5NO2. The number of carbonyl (C=O) groups excluding carboxylic acids is 1. The van der Waals surface area contributed by atoms with Gasteiger partial charge in [0.15, 0.2) is 0 Å². The summed E-state index contributed by atoms with van der Waals surface area (Å²) in [4.78, 5) is 10.6. The van der Waals surface area contributed by atoms with Crippen LogP contribution in [0.2, 0.25) is 0 Å². The molecule has 0 radical (unpaired) electrons. The van der Waals surface area contributed by atoms with E-state index in [4.69, 9.17) is 0 Å². The largest absolute Gasteiger partial charge is 0.456 e. The number of nitrogens with two attached hydrogens (primary N) is 1. The normalized spacial score (nSPS) is 16.0. The van der Waals surface area contributed by atoms with Crippen molar-refractivity contribution in [1.29, 1.82) is 0 Å². The minimum atomic E-state index is -5.89. The van der Waals surface area contributed by atoms with Crippen LogP contribution < -0.4 is 5.73 Å². The van der Waals surface area contributed by atoms with Crippen LogP contribution in [0.25, 0.3) is 0 Å². The van der Waals surface area contributed by atoms with Crippen LogP contribution in [0.5, 0.6) is 0 Å². The van der Waals surface area contributed by atoms with E-state index in [0.717, 1.165) is 0 Å². The Morgan fingerprint density at radius 2 is 1.50 bits per heavy atom. The summed E-state index contributed by atoms with van der Waals surface area (Å²) in [5, 5.41) is 0. The lowest BCUT2D eigenvalue weighted by Crippen LogP contribution is -2.56. The number of halogens is 5. The van der Waals surface area contributed by atoms with Gasteiger partial charge in [0.1, 0.15) is 0 Å². The van der Waals surface area contributed by atoms with Gasteiger partial charge in [0.05, 0.1) is 5.60 Å². The molecule has 0 aliphatic carbocycles. The Hall–Kier alpha value is -0.920. The van der Waals surface area contributed by atoms with Crippen LogP contribution >= 0.6 is 0 Å². The first-order chi connectivity index (χ1) is 6.79. The summed E-state index contributed by atoms with van der Waals surface area (Å²) in [5.41, 5.74) is 3.13. The summed E-state index contributed by atoms with van der Waals surface area (Å²) in [5.74, 6) is -7.18. The highest BCUT2D eigenvalue weighted by molar-refractivity contribution is 5.80. The number of alkyl halides is 5. The Bertz CT molecular complexity index is 269. The smallest absolute Gasteiger partial charge is 0.367 e. The van der Waals surface area contributed by atoms with E-state index in [1.807, 2.05) is 0 Å². The molecule has 0 aromatic rings. The predicted octanol–water partition coefficient (Wildman–Crippen LogP) is 1.85. The Balaban J connectivity index is 5.16. The number of ether oxygens (including phenoxy) is 1. The van der Waals surface area contributed by atoms with Crippen LogP contribution in [0, 0.1) is 0 Å². The van der Waals surface area contributed by atoms with Gasteiger partial charge in [-0.3, -0.25) is 4.79 Å². The third-order valence-electron chi connectivity index (χ3n) is 1.44. The zero-order chi connectivity index (χ0) is 13.4. The molecule has 0 aromatic carbocycles. The van der Waals surface area contributed by atoms with Crippen LogP contribution in [0.3, 0.4) is 0 Å². The predicted molar refractivity (Wildman–Crippen MR) is 44.8 cm³/mol. The number of hydrogen-bond donors (Lipinski definition) is 1. The highest BCUT2D eigenvalue weighted by atomic mass is 19.4. The highest BCUT2D eigenvalue weighted by Gasteiger charge is 2.65. The molecule has 2 N–H and O–H groups in total. The van der Waals surface area contributed by atoms with Gasteiger partial charge in [0.2, 0.25) is 6.10 Å². The lowest BCUT2D eigenvalue weighted by molar-refractivity contribution is -0.320. The summed E-state index contributed by atoms with van der Waals surface area (Å²) >= 11 is 0. The second kappa shape index (κ2) is 4.15. The molecular weight excluding hydrogens is 237 g/mol. The standard InChI is InChI=1S/C8H12F5NO2/c1-6(2,3)16-4(5(14)15)7(9,10)8(11,12)13/h4H,1-3H3,(H2,14,15). The molecule has 0 rings (SSSR count). The summed E-state index contributed by atoms with van der Waals surface area (Å²) < 4.78 is 65.9. The fourth-order valence-electron chi connectivity index (χ4n) is 0.813. The van der Waals surface area contributed by atoms with E-state index < -0.39 is 29.7 Å². The van der Waals surface area contributed by atoms with Crippen molar-refractivity contribution in [2.45, 2.75) is 44.6 Å². The Morgan fingerprint density at radius 1 is 1.12 bits per heavy atom. The Kier molecular flexibility index (Phi) is 3.92. The van der Waals surface area contributed by atoms with E-state index in [0.29, 0.717) is 0 Å². The van der Waals surface area contributed by atoms with Crippen LogP contribution in [-0.4, -0.2) is 29.7 Å². The maximum Gasteiger partial charge on any atom is 0.456 e. The molecule has 1 unspecified atom stereocenters. The van der Waals surface area contributed by atoms with Crippen LogP contribution in [0.4, 0.5) is 22.0 Å². The summed E-state index contributed by atoms with van der Waals surface area (Å²) in [7, 11) is 0. The lowest BCUT2D eigenvalue weighted by atomic mass is 10.1. The van der Waals surface area contributed by atoms with E-state index in [-0.39, 0.29) is 0 Å². The van der Waals surface area contributed by atoms with Crippen molar-refractivity contribution in [2.24, 2.45) is 5.73 Å². The van der Waals surface area contributed by atoms with E-state index in [2.05, 4.69) is 10.5 Å². The van der Waals surface area contributed by atoms with Crippen molar-refractivity contribution in [3.63, 3.8) is 0 Å². The molecule has 0 saturated carbocycles. The molecule has 0 saturated heterocycles. The molecule has 0 heterocycles. The topological polar surface area (TPSA) is 52.3 Å². The minimum absolute atomic E-state index is 1.23. The number of amides is 1. The fourth-order valence-corrected chi connectivity index (χ4v) is 0.813. The zero-order valence-corrected chi connectivity index (χ0v) is 8.86. The highest BCUT2D eigenvalue weighted by Crippen LogP contribution is 2.40. The molecule has 1 atom stereocenters. The van der Waals surface area contributed by atoms with Crippen LogP contribution in [-0.2, 0) is 9.53 Å². The van der Waals surface area contributed by atoms with Crippen molar-refractivity contribution in [3.8, 4) is 0 Å². The Morgan fingerprint density at radius 3 is 1.69 bits per heavy atom. The Labute approximate surface area is 88.7 Å². The number of primary amides is 1. The van der Waals surface area contributed by atoms with Crippen molar-refractivity contribution in [1.82, 2.24) is 0 Å². The lowest BCUT2D eigenvalue weighted by Gasteiger charge is -2.31. The number of rotatable bonds is 3. The van der Waals surface area contributed by atoms with E-state index in [1.165, 1.54) is 20.8 Å². The quantitative estimate of drug-likeness (QED) is 0.776. The van der Waals surface area contributed by atoms with E-state index in [1.54, 1.807) is 0 Å². The summed E-state index contributed by atoms with van der Waals surface area (Å²) in [6.45, 7) is 3.69. The molecule has 8 heteroatoms. The van der Waals surface area contributed by atoms with Crippen molar-refractivity contribution in [2.75, 3.05) is 0 Å². The van der Waals surface area contributed by atoms with Gasteiger partial charge in [0.25, 0.3) is 5.91 Å². The van der Waals surface area contributed by atoms with Crippen molar-refractivity contribution >= 4 is 5.91 Å². The first kappa shape index (κ1) is 15.1. The average molecular weight is 249 g/mol. The minimum Gasteiger partial charge on any atom is -0.367 e. The van der Waals surface area contributed by atoms with Gasteiger partial charge in [-0.25, -0.2) is 0 Å². The molecule has 0 fully saturated rings. The molecule has 0 aliphatic heterocycles. The van der Waals surface area contributed by atoms with Crippen LogP contribution in [0.15, 0.2) is 0 Å². The molecule has 0 aromatic heterocycles. The molecule has 1 amide bonds. The van der Waals surface area contributed by atoms with Crippen molar-refractivity contribution < 1.29 is 31.5 Å². The van der Waals surface area contributed by atoms with Gasteiger partial charge in [-0.2, -0.15) is 22.0 Å². The van der Waals surface area contributed by atoms with Gasteiger partial charge >= 0.3 is 12.1 Å². The third-order valence-corrected chi connectivity index (χ3v) is 1.44. The summed E-state index contributed by atoms with van der Waals surface area (Å²) in [6.07, 6.45) is -8.93. The van der Waals surface area contributed by atoms with E-state index >= 15 is 0 Å². The zero-order valence-electron chi connectivity index (χ0n) is 8.86. The van der Waals surface area contributed by atoms with Gasteiger partial charge in [0, 0.05) is 0 Å². The average Bonchev–Trinajstić information content (AvgIpc) is 1.95. The van der Waals surface area contributed by atoms with Gasteiger partial charge in [-0.15, -0.1) is 0 Å². The maximum atomic E-state index is 12.8. The molecule has 96 valence electrons. The first-order valence-corrected chi connectivity index (χ1v) is 4.20. The molecule has 16 heavy (non-hydrogen) atoms. The van der Waals surface area contributed by atoms with Crippen molar-refractivity contribution in [3.05, 3.63) is 0 Å². The second-order valence-corrected chi connectivity index (χ2v) is 4.13. The van der Waals surface area contributed by atoms with Gasteiger partial charge < -0.3 is 10.5 Å². The first-order valence-electron chi connectivity index (χ1n) is 4.20. The van der Waals surface area contributed by atoms with Gasteiger partial charge in [-0.1, -0.05) is 0 Å². The van der Waals surface area contributed by atoms with Gasteiger partial charge in [-0.05, 0) is 20.8 Å². The van der Waals surface area contributed by atoms with E-state index in [9.17, 15) is 26.7 Å². The second-order valence-electron chi connectivity index (χ2n) is 4.13. The maximum absolute atomic E-state index is 12.8. The molecule has 0 aliphatic rings. The third kappa shape index (κ3) is 3.58. The molecule has 3 nitrogen and oxygen atoms in total. The van der Waals surface area contributed by atoms with Crippen LogP contribution in [0.1, 0.15) is 20.8 Å². The summed E-state index contributed by atoms with van der Waals surface area (Å²) in [6, 6.07) is 0.